The van der Waals surface area contributed by atoms with Gasteiger partial charge >= 0.3 is 6.18 Å². The quantitative estimate of drug-likeness (QED) is 0.894. The summed E-state index contributed by atoms with van der Waals surface area (Å²) in [6.07, 6.45) is -3.33. The number of alkyl halides is 3. The highest BCUT2D eigenvalue weighted by Gasteiger charge is 2.31. The maximum absolute atomic E-state index is 12.3. The number of rotatable bonds is 2. The summed E-state index contributed by atoms with van der Waals surface area (Å²) in [5.41, 5.74) is -0.239. The summed E-state index contributed by atoms with van der Waals surface area (Å²) in [5, 5.41) is 13.8. The third kappa shape index (κ3) is 2.35. The molecule has 18 heavy (non-hydrogen) atoms. The van der Waals surface area contributed by atoms with Crippen LogP contribution < -0.4 is 0 Å². The average Bonchev–Trinajstić information content (AvgIpc) is 2.73. The number of hydrogen-bond acceptors (Lipinski definition) is 3. The van der Waals surface area contributed by atoms with E-state index in [0.29, 0.717) is 11.9 Å². The number of aliphatic hydroxyl groups excluding tert-OH is 1. The summed E-state index contributed by atoms with van der Waals surface area (Å²) < 4.78 is 38.5. The van der Waals surface area contributed by atoms with E-state index in [9.17, 15) is 18.3 Å². The van der Waals surface area contributed by atoms with E-state index in [1.807, 2.05) is 0 Å². The third-order valence-electron chi connectivity index (χ3n) is 2.53. The van der Waals surface area contributed by atoms with Crippen LogP contribution in [0.4, 0.5) is 13.2 Å². The molecule has 2 heterocycles. The predicted octanol–water partition coefficient (Wildman–Crippen LogP) is 1.92. The standard InChI is InChI=1S/C11H10F3N3O/c1-17-9(4-5-16-17)10(18)8-3-2-7(6-15-8)11(12,13)14/h2-6,10,18H,1H3. The summed E-state index contributed by atoms with van der Waals surface area (Å²) in [7, 11) is 1.63. The minimum Gasteiger partial charge on any atom is -0.380 e. The first-order chi connectivity index (χ1) is 8.39. The maximum atomic E-state index is 12.3. The molecule has 96 valence electrons. The lowest BCUT2D eigenvalue weighted by molar-refractivity contribution is -0.137. The van der Waals surface area contributed by atoms with E-state index in [-0.39, 0.29) is 5.69 Å². The fourth-order valence-corrected chi connectivity index (χ4v) is 1.54. The van der Waals surface area contributed by atoms with Gasteiger partial charge < -0.3 is 5.11 Å². The zero-order chi connectivity index (χ0) is 13.3. The van der Waals surface area contributed by atoms with E-state index in [0.717, 1.165) is 12.1 Å². The summed E-state index contributed by atoms with van der Waals surface area (Å²) in [6.45, 7) is 0. The molecule has 0 bridgehead atoms. The largest absolute Gasteiger partial charge is 0.417 e. The fraction of sp³-hybridized carbons (Fsp3) is 0.273. The number of nitrogens with zero attached hydrogens (tertiary/aromatic N) is 3. The van der Waals surface area contributed by atoms with Gasteiger partial charge in [-0.2, -0.15) is 18.3 Å². The molecule has 0 saturated heterocycles. The summed E-state index contributed by atoms with van der Waals surface area (Å²) in [5.74, 6) is 0. The van der Waals surface area contributed by atoms with Crippen molar-refractivity contribution in [2.24, 2.45) is 7.05 Å². The average molecular weight is 257 g/mol. The second-order valence-corrected chi connectivity index (χ2v) is 3.75. The van der Waals surface area contributed by atoms with Gasteiger partial charge in [0, 0.05) is 19.4 Å². The Morgan fingerprint density at radius 2 is 2.00 bits per heavy atom. The monoisotopic (exact) mass is 257 g/mol. The molecular formula is C11H10F3N3O. The first-order valence-electron chi connectivity index (χ1n) is 5.08. The number of aryl methyl sites for hydroxylation is 1. The Hall–Kier alpha value is -1.89. The molecule has 7 heteroatoms. The van der Waals surface area contributed by atoms with E-state index in [1.165, 1.54) is 10.9 Å². The van der Waals surface area contributed by atoms with Gasteiger partial charge in [-0.1, -0.05) is 0 Å². The van der Waals surface area contributed by atoms with E-state index >= 15 is 0 Å². The predicted molar refractivity (Wildman–Crippen MR) is 56.5 cm³/mol. The van der Waals surface area contributed by atoms with Crippen LogP contribution in [0, 0.1) is 0 Å². The van der Waals surface area contributed by atoms with Gasteiger partial charge in [-0.05, 0) is 18.2 Å². The Labute approximate surface area is 101 Å². The van der Waals surface area contributed by atoms with Crippen LogP contribution in [0.1, 0.15) is 23.1 Å². The normalized spacial score (nSPS) is 13.6. The molecule has 1 unspecified atom stereocenters. The Bertz CT molecular complexity index is 533. The van der Waals surface area contributed by atoms with E-state index < -0.39 is 17.8 Å². The molecule has 4 nitrogen and oxygen atoms in total. The Morgan fingerprint density at radius 3 is 2.44 bits per heavy atom. The molecule has 0 fully saturated rings. The second-order valence-electron chi connectivity index (χ2n) is 3.75. The maximum Gasteiger partial charge on any atom is 0.417 e. The Balaban J connectivity index is 2.28. The van der Waals surface area contributed by atoms with Crippen molar-refractivity contribution in [1.29, 1.82) is 0 Å². The van der Waals surface area contributed by atoms with E-state index in [2.05, 4.69) is 10.1 Å². The number of pyridine rings is 1. The van der Waals surface area contributed by atoms with Gasteiger partial charge in [0.1, 0.15) is 6.10 Å². The molecule has 0 aromatic carbocycles. The minimum atomic E-state index is -4.43. The molecule has 2 aromatic heterocycles. The molecule has 0 spiro atoms. The zero-order valence-electron chi connectivity index (χ0n) is 9.39. The summed E-state index contributed by atoms with van der Waals surface area (Å²) >= 11 is 0. The number of aliphatic hydroxyl groups is 1. The van der Waals surface area contributed by atoms with Crippen LogP contribution >= 0.6 is 0 Å². The lowest BCUT2D eigenvalue weighted by atomic mass is 10.1. The third-order valence-corrected chi connectivity index (χ3v) is 2.53. The highest BCUT2D eigenvalue weighted by Crippen LogP contribution is 2.29. The molecule has 0 aliphatic heterocycles. The molecule has 1 atom stereocenters. The van der Waals surface area contributed by atoms with Crippen LogP contribution in [0.25, 0.3) is 0 Å². The van der Waals surface area contributed by atoms with Crippen molar-refractivity contribution in [3.05, 3.63) is 47.5 Å². The Morgan fingerprint density at radius 1 is 1.28 bits per heavy atom. The van der Waals surface area contributed by atoms with Gasteiger partial charge in [0.05, 0.1) is 17.0 Å². The molecular weight excluding hydrogens is 247 g/mol. The first-order valence-corrected chi connectivity index (χ1v) is 5.08. The van der Waals surface area contributed by atoms with Crippen LogP contribution in [0.15, 0.2) is 30.6 Å². The highest BCUT2D eigenvalue weighted by atomic mass is 19.4. The minimum absolute atomic E-state index is 0.145. The van der Waals surface area contributed by atoms with Crippen LogP contribution in [-0.4, -0.2) is 19.9 Å². The van der Waals surface area contributed by atoms with Gasteiger partial charge in [-0.3, -0.25) is 9.67 Å². The van der Waals surface area contributed by atoms with Crippen LogP contribution in [-0.2, 0) is 13.2 Å². The van der Waals surface area contributed by atoms with Crippen LogP contribution in [0.5, 0.6) is 0 Å². The molecule has 1 N–H and O–H groups in total. The van der Waals surface area contributed by atoms with Gasteiger partial charge in [-0.25, -0.2) is 0 Å². The van der Waals surface area contributed by atoms with E-state index in [1.54, 1.807) is 13.1 Å². The van der Waals surface area contributed by atoms with Crippen molar-refractivity contribution in [3.63, 3.8) is 0 Å². The van der Waals surface area contributed by atoms with Crippen molar-refractivity contribution in [3.8, 4) is 0 Å². The zero-order valence-corrected chi connectivity index (χ0v) is 9.39. The van der Waals surface area contributed by atoms with Gasteiger partial charge in [-0.15, -0.1) is 0 Å². The second kappa shape index (κ2) is 4.41. The number of hydrogen-bond donors (Lipinski definition) is 1. The highest BCUT2D eigenvalue weighted by molar-refractivity contribution is 5.23. The van der Waals surface area contributed by atoms with Gasteiger partial charge in [0.2, 0.25) is 0 Å². The van der Waals surface area contributed by atoms with Crippen molar-refractivity contribution in [2.75, 3.05) is 0 Å². The molecule has 2 rings (SSSR count). The lowest BCUT2D eigenvalue weighted by Gasteiger charge is -2.12. The number of aromatic nitrogens is 3. The molecule has 0 radical (unpaired) electrons. The molecule has 0 aliphatic carbocycles. The molecule has 0 aliphatic rings. The number of halogens is 3. The molecule has 0 amide bonds. The topological polar surface area (TPSA) is 50.9 Å². The fourth-order valence-electron chi connectivity index (χ4n) is 1.54. The van der Waals surface area contributed by atoms with Crippen molar-refractivity contribution in [1.82, 2.24) is 14.8 Å². The summed E-state index contributed by atoms with van der Waals surface area (Å²) in [4.78, 5) is 3.63. The summed E-state index contributed by atoms with van der Waals surface area (Å²) in [6, 6.07) is 3.62. The molecule has 2 aromatic rings. The van der Waals surface area contributed by atoms with Crippen LogP contribution in [0.2, 0.25) is 0 Å². The molecule has 0 saturated carbocycles. The van der Waals surface area contributed by atoms with Crippen molar-refractivity contribution >= 4 is 0 Å². The van der Waals surface area contributed by atoms with E-state index in [4.69, 9.17) is 0 Å². The van der Waals surface area contributed by atoms with Crippen LogP contribution in [0.3, 0.4) is 0 Å². The van der Waals surface area contributed by atoms with Crippen molar-refractivity contribution < 1.29 is 18.3 Å². The van der Waals surface area contributed by atoms with Gasteiger partial charge in [0.15, 0.2) is 0 Å². The SMILES string of the molecule is Cn1nccc1C(O)c1ccc(C(F)(F)F)cn1. The van der Waals surface area contributed by atoms with Gasteiger partial charge in [0.25, 0.3) is 0 Å². The smallest absolute Gasteiger partial charge is 0.380 e. The lowest BCUT2D eigenvalue weighted by Crippen LogP contribution is -2.10. The first kappa shape index (κ1) is 12.6. The Kier molecular flexibility index (Phi) is 3.08. The van der Waals surface area contributed by atoms with Crippen molar-refractivity contribution in [2.45, 2.75) is 12.3 Å².